The number of rotatable bonds is 4. The van der Waals surface area contributed by atoms with Gasteiger partial charge in [0.05, 0.1) is 11.3 Å². The Bertz CT molecular complexity index is 747. The van der Waals surface area contributed by atoms with E-state index in [0.717, 1.165) is 22.1 Å². The van der Waals surface area contributed by atoms with Gasteiger partial charge in [-0.25, -0.2) is 0 Å². The number of hydrogen-bond donors (Lipinski definition) is 2. The first-order valence-electron chi connectivity index (χ1n) is 8.36. The molecule has 6 nitrogen and oxygen atoms in total. The Balaban J connectivity index is 1.76. The van der Waals surface area contributed by atoms with Gasteiger partial charge in [0.15, 0.2) is 0 Å². The Kier molecular flexibility index (Phi) is 4.62. The molecule has 1 saturated carbocycles. The zero-order valence-corrected chi connectivity index (χ0v) is 15.8. The number of carboxylic acids is 1. The van der Waals surface area contributed by atoms with Crippen molar-refractivity contribution in [2.24, 2.45) is 5.92 Å². The number of benzene rings is 1. The van der Waals surface area contributed by atoms with Crippen LogP contribution in [0.25, 0.3) is 0 Å². The number of carbonyl (C=O) groups is 3. The number of aliphatic carboxylic acids is 1. The van der Waals surface area contributed by atoms with Crippen molar-refractivity contribution in [1.29, 1.82) is 0 Å². The van der Waals surface area contributed by atoms with Crippen molar-refractivity contribution in [2.75, 3.05) is 11.4 Å². The summed E-state index contributed by atoms with van der Waals surface area (Å²) in [5, 5.41) is 12.0. The minimum atomic E-state index is -0.878. The third kappa shape index (κ3) is 3.17. The van der Waals surface area contributed by atoms with Gasteiger partial charge in [-0.15, -0.1) is 0 Å². The Hall–Kier alpha value is -1.89. The summed E-state index contributed by atoms with van der Waals surface area (Å²) in [6.07, 6.45) is 2.02. The van der Waals surface area contributed by atoms with Crippen molar-refractivity contribution in [3.63, 3.8) is 0 Å². The number of nitrogens with one attached hydrogen (secondary N) is 1. The average molecular weight is 409 g/mol. The first-order valence-corrected chi connectivity index (χ1v) is 9.15. The minimum absolute atomic E-state index is 0.0975. The Labute approximate surface area is 154 Å². The first kappa shape index (κ1) is 17.9. The third-order valence-electron chi connectivity index (χ3n) is 5.18. The minimum Gasteiger partial charge on any atom is -0.481 e. The number of anilines is 1. The maximum atomic E-state index is 12.8. The molecule has 1 heterocycles. The molecule has 1 aromatic rings. The van der Waals surface area contributed by atoms with Crippen LogP contribution in [0.2, 0.25) is 0 Å². The molecule has 2 aliphatic rings. The van der Waals surface area contributed by atoms with Crippen LogP contribution in [-0.4, -0.2) is 35.5 Å². The summed E-state index contributed by atoms with van der Waals surface area (Å²) >= 11 is 3.42. The second kappa shape index (κ2) is 6.44. The van der Waals surface area contributed by atoms with Crippen molar-refractivity contribution in [3.05, 3.63) is 28.2 Å². The second-order valence-corrected chi connectivity index (χ2v) is 8.14. The normalized spacial score (nSPS) is 24.3. The van der Waals surface area contributed by atoms with E-state index < -0.39 is 17.3 Å². The van der Waals surface area contributed by atoms with Gasteiger partial charge in [0.1, 0.15) is 6.54 Å². The van der Waals surface area contributed by atoms with Gasteiger partial charge >= 0.3 is 5.97 Å². The number of carboxylic acid groups (broad SMARTS) is 1. The molecule has 1 fully saturated rings. The van der Waals surface area contributed by atoms with Crippen molar-refractivity contribution < 1.29 is 19.5 Å². The first-order chi connectivity index (χ1) is 11.7. The molecule has 0 bridgehead atoms. The van der Waals surface area contributed by atoms with Crippen LogP contribution in [0, 0.1) is 5.92 Å². The molecule has 0 saturated heterocycles. The summed E-state index contributed by atoms with van der Waals surface area (Å²) in [5.74, 6) is -1.87. The lowest BCUT2D eigenvalue weighted by molar-refractivity contribution is -0.142. The molecular formula is C18H21BrN2O4. The maximum absolute atomic E-state index is 12.8. The van der Waals surface area contributed by atoms with Gasteiger partial charge in [-0.3, -0.25) is 14.4 Å². The molecule has 0 aromatic heterocycles. The number of hydrogen-bond acceptors (Lipinski definition) is 3. The van der Waals surface area contributed by atoms with Crippen molar-refractivity contribution in [3.8, 4) is 0 Å². The van der Waals surface area contributed by atoms with E-state index in [1.165, 1.54) is 4.90 Å². The van der Waals surface area contributed by atoms with Crippen LogP contribution in [0.1, 0.15) is 38.7 Å². The van der Waals surface area contributed by atoms with Crippen molar-refractivity contribution >= 4 is 39.4 Å². The van der Waals surface area contributed by atoms with E-state index in [1.807, 2.05) is 32.0 Å². The summed E-state index contributed by atoms with van der Waals surface area (Å²) in [7, 11) is 0. The van der Waals surface area contributed by atoms with Gasteiger partial charge < -0.3 is 15.3 Å². The van der Waals surface area contributed by atoms with E-state index in [9.17, 15) is 19.5 Å². The van der Waals surface area contributed by atoms with Crippen LogP contribution >= 0.6 is 15.9 Å². The molecule has 2 atom stereocenters. The highest BCUT2D eigenvalue weighted by molar-refractivity contribution is 9.10. The lowest BCUT2D eigenvalue weighted by Crippen LogP contribution is -2.47. The van der Waals surface area contributed by atoms with Gasteiger partial charge in [0, 0.05) is 16.2 Å². The number of fused-ring (bicyclic) bond motifs is 1. The number of nitrogens with zero attached hydrogens (tertiary/aromatic N) is 1. The van der Waals surface area contributed by atoms with Gasteiger partial charge in [-0.1, -0.05) is 22.4 Å². The predicted molar refractivity (Wildman–Crippen MR) is 96.4 cm³/mol. The van der Waals surface area contributed by atoms with Crippen LogP contribution in [-0.2, 0) is 19.8 Å². The molecule has 0 unspecified atom stereocenters. The lowest BCUT2D eigenvalue weighted by atomic mass is 9.86. The standard InChI is InChI=1S/C18H21BrN2O4/c1-18(2)12-8-10(19)6-7-14(12)21(17(18)25)9-15(22)20-13-5-3-4-11(13)16(23)24/h6-8,11,13H,3-5,9H2,1-2H3,(H,20,22)(H,23,24)/t11-,13+/m1/s1. The van der Waals surface area contributed by atoms with Crippen LogP contribution in [0.4, 0.5) is 5.69 Å². The molecule has 7 heteroatoms. The van der Waals surface area contributed by atoms with Gasteiger partial charge in [0.25, 0.3) is 0 Å². The summed E-state index contributed by atoms with van der Waals surface area (Å²) < 4.78 is 0.883. The van der Waals surface area contributed by atoms with Crippen LogP contribution in [0.3, 0.4) is 0 Å². The number of amides is 2. The van der Waals surface area contributed by atoms with E-state index in [2.05, 4.69) is 21.2 Å². The molecule has 2 amide bonds. The maximum Gasteiger partial charge on any atom is 0.308 e. The Morgan fingerprint density at radius 3 is 2.76 bits per heavy atom. The van der Waals surface area contributed by atoms with Gasteiger partial charge in [-0.2, -0.15) is 0 Å². The Morgan fingerprint density at radius 1 is 1.36 bits per heavy atom. The molecule has 1 aromatic carbocycles. The molecular weight excluding hydrogens is 388 g/mol. The number of carbonyl (C=O) groups excluding carboxylic acids is 2. The van der Waals surface area contributed by atoms with Crippen LogP contribution in [0.5, 0.6) is 0 Å². The summed E-state index contributed by atoms with van der Waals surface area (Å²) in [4.78, 5) is 38.0. The van der Waals surface area contributed by atoms with E-state index in [1.54, 1.807) is 0 Å². The number of halogens is 1. The van der Waals surface area contributed by atoms with E-state index in [-0.39, 0.29) is 24.4 Å². The molecule has 1 aliphatic heterocycles. The highest BCUT2D eigenvalue weighted by Gasteiger charge is 2.44. The molecule has 134 valence electrons. The fourth-order valence-electron chi connectivity index (χ4n) is 3.79. The van der Waals surface area contributed by atoms with Crippen LogP contribution < -0.4 is 10.2 Å². The fourth-order valence-corrected chi connectivity index (χ4v) is 4.15. The monoisotopic (exact) mass is 408 g/mol. The molecule has 2 N–H and O–H groups in total. The largest absolute Gasteiger partial charge is 0.481 e. The summed E-state index contributed by atoms with van der Waals surface area (Å²) in [6.45, 7) is 3.59. The highest BCUT2D eigenvalue weighted by atomic mass is 79.9. The average Bonchev–Trinajstić information content (AvgIpc) is 3.06. The van der Waals surface area contributed by atoms with Crippen LogP contribution in [0.15, 0.2) is 22.7 Å². The van der Waals surface area contributed by atoms with E-state index in [4.69, 9.17) is 0 Å². The highest BCUT2D eigenvalue weighted by Crippen LogP contribution is 2.42. The van der Waals surface area contributed by atoms with Gasteiger partial charge in [0.2, 0.25) is 11.8 Å². The van der Waals surface area contributed by atoms with Crippen molar-refractivity contribution in [1.82, 2.24) is 5.32 Å². The van der Waals surface area contributed by atoms with E-state index >= 15 is 0 Å². The van der Waals surface area contributed by atoms with E-state index in [0.29, 0.717) is 12.8 Å². The predicted octanol–water partition coefficient (Wildman–Crippen LogP) is 2.44. The summed E-state index contributed by atoms with van der Waals surface area (Å²) in [6, 6.07) is 5.22. The molecule has 0 radical (unpaired) electrons. The van der Waals surface area contributed by atoms with Gasteiger partial charge in [-0.05, 0) is 50.5 Å². The SMILES string of the molecule is CC1(C)C(=O)N(CC(=O)N[C@H]2CCC[C@H]2C(=O)O)c2ccc(Br)cc21. The second-order valence-electron chi connectivity index (χ2n) is 7.23. The third-order valence-corrected chi connectivity index (χ3v) is 5.68. The lowest BCUT2D eigenvalue weighted by Gasteiger charge is -2.22. The zero-order valence-electron chi connectivity index (χ0n) is 14.2. The molecule has 1 aliphatic carbocycles. The van der Waals surface area contributed by atoms with Crippen molar-refractivity contribution in [2.45, 2.75) is 44.6 Å². The zero-order chi connectivity index (χ0) is 18.4. The summed E-state index contributed by atoms with van der Waals surface area (Å²) in [5.41, 5.74) is 0.912. The molecule has 3 rings (SSSR count). The smallest absolute Gasteiger partial charge is 0.308 e. The quantitative estimate of drug-likeness (QED) is 0.800. The molecule has 0 spiro atoms. The topological polar surface area (TPSA) is 86.7 Å². The fraction of sp³-hybridized carbons (Fsp3) is 0.500. The Morgan fingerprint density at radius 2 is 2.08 bits per heavy atom. The molecule has 25 heavy (non-hydrogen) atoms.